The molecule has 0 saturated carbocycles. The smallest absolute Gasteiger partial charge is 0.341 e. The van der Waals surface area contributed by atoms with Crippen molar-refractivity contribution in [2.45, 2.75) is 11.4 Å². The largest absolute Gasteiger partial charge is 0.482 e. The lowest BCUT2D eigenvalue weighted by Crippen LogP contribution is -2.23. The molecule has 2 aromatic carbocycles. The molecule has 0 amide bonds. The van der Waals surface area contributed by atoms with Crippen LogP contribution in [-0.4, -0.2) is 26.1 Å². The fourth-order valence-electron chi connectivity index (χ4n) is 2.33. The number of sulfonamides is 1. The predicted octanol–water partition coefficient (Wildman–Crippen LogP) is 2.37. The summed E-state index contributed by atoms with van der Waals surface area (Å²) in [7, 11) is -3.71. The average molecular weight is 361 g/mol. The van der Waals surface area contributed by atoms with Crippen LogP contribution in [0.4, 0.5) is 0 Å². The van der Waals surface area contributed by atoms with Gasteiger partial charge < -0.3 is 14.3 Å². The lowest BCUT2D eigenvalue weighted by molar-refractivity contribution is -0.139. The molecular formula is C17H15NO6S. The molecule has 3 rings (SSSR count). The monoisotopic (exact) mass is 361 g/mol. The molecule has 0 aliphatic rings. The number of ether oxygens (including phenoxy) is 1. The number of hydrogen-bond donors (Lipinski definition) is 2. The minimum atomic E-state index is -3.71. The summed E-state index contributed by atoms with van der Waals surface area (Å²) in [6.45, 7) is -0.366. The van der Waals surface area contributed by atoms with Crippen molar-refractivity contribution < 1.29 is 27.5 Å². The van der Waals surface area contributed by atoms with Gasteiger partial charge in [0.15, 0.2) is 6.61 Å². The molecule has 7 nitrogen and oxygen atoms in total. The van der Waals surface area contributed by atoms with Gasteiger partial charge in [-0.15, -0.1) is 0 Å². The zero-order valence-corrected chi connectivity index (χ0v) is 13.8. The van der Waals surface area contributed by atoms with E-state index in [2.05, 4.69) is 4.72 Å². The van der Waals surface area contributed by atoms with Gasteiger partial charge in [0.1, 0.15) is 11.3 Å². The van der Waals surface area contributed by atoms with Gasteiger partial charge in [0, 0.05) is 11.9 Å². The highest BCUT2D eigenvalue weighted by atomic mass is 32.2. The van der Waals surface area contributed by atoms with Crippen LogP contribution in [0.3, 0.4) is 0 Å². The minimum Gasteiger partial charge on any atom is -0.482 e. The number of nitrogens with one attached hydrogen (secondary N) is 1. The summed E-state index contributed by atoms with van der Waals surface area (Å²) in [5.74, 6) is -0.823. The molecule has 3 aromatic rings. The molecule has 0 bridgehead atoms. The number of fused-ring (bicyclic) bond motifs is 1. The third-order valence-electron chi connectivity index (χ3n) is 3.54. The Bertz CT molecular complexity index is 991. The van der Waals surface area contributed by atoms with E-state index in [4.69, 9.17) is 14.3 Å². The standard InChI is InChI=1S/C17H15NO6S/c19-17(20)11-24-13-4-6-14(7-5-13)25(21,22)18-10-12-2-1-3-16-15(12)8-9-23-16/h1-9,18H,10-11H2,(H,19,20). The van der Waals surface area contributed by atoms with Crippen LogP contribution in [0.1, 0.15) is 5.56 Å². The highest BCUT2D eigenvalue weighted by Gasteiger charge is 2.15. The minimum absolute atomic E-state index is 0.0644. The fraction of sp³-hybridized carbons (Fsp3) is 0.118. The quantitative estimate of drug-likeness (QED) is 0.669. The zero-order valence-electron chi connectivity index (χ0n) is 13.0. The Hall–Kier alpha value is -2.84. The Balaban J connectivity index is 1.71. The summed E-state index contributed by atoms with van der Waals surface area (Å²) in [5, 5.41) is 9.41. The van der Waals surface area contributed by atoms with Crippen LogP contribution in [0.25, 0.3) is 11.0 Å². The maximum atomic E-state index is 12.4. The maximum Gasteiger partial charge on any atom is 0.341 e. The number of hydrogen-bond acceptors (Lipinski definition) is 5. The van der Waals surface area contributed by atoms with Gasteiger partial charge in [-0.25, -0.2) is 17.9 Å². The lowest BCUT2D eigenvalue weighted by Gasteiger charge is -2.09. The van der Waals surface area contributed by atoms with Crippen molar-refractivity contribution in [1.29, 1.82) is 0 Å². The summed E-state index contributed by atoms with van der Waals surface area (Å²) < 4.78 is 37.6. The van der Waals surface area contributed by atoms with Gasteiger partial charge in [0.2, 0.25) is 10.0 Å². The SMILES string of the molecule is O=C(O)COc1ccc(S(=O)(=O)NCc2cccc3occc23)cc1. The lowest BCUT2D eigenvalue weighted by atomic mass is 10.1. The molecule has 0 spiro atoms. The molecule has 130 valence electrons. The van der Waals surface area contributed by atoms with Crippen LogP contribution in [0.15, 0.2) is 64.1 Å². The molecule has 25 heavy (non-hydrogen) atoms. The number of carboxylic acid groups (broad SMARTS) is 1. The van der Waals surface area contributed by atoms with E-state index in [0.29, 0.717) is 5.58 Å². The van der Waals surface area contributed by atoms with Crippen molar-refractivity contribution in [1.82, 2.24) is 4.72 Å². The number of benzene rings is 2. The molecule has 8 heteroatoms. The second-order valence-electron chi connectivity index (χ2n) is 5.23. The third-order valence-corrected chi connectivity index (χ3v) is 4.95. The van der Waals surface area contributed by atoms with E-state index in [1.807, 2.05) is 12.1 Å². The highest BCUT2D eigenvalue weighted by Crippen LogP contribution is 2.21. The number of rotatable bonds is 7. The summed E-state index contributed by atoms with van der Waals surface area (Å²) in [4.78, 5) is 10.5. The normalized spacial score (nSPS) is 11.5. The van der Waals surface area contributed by atoms with Crippen molar-refractivity contribution in [3.05, 3.63) is 60.4 Å². The van der Waals surface area contributed by atoms with Crippen LogP contribution < -0.4 is 9.46 Å². The van der Waals surface area contributed by atoms with E-state index in [1.54, 1.807) is 18.4 Å². The van der Waals surface area contributed by atoms with Crippen LogP contribution in [0.5, 0.6) is 5.75 Å². The molecule has 0 radical (unpaired) electrons. The molecule has 0 saturated heterocycles. The van der Waals surface area contributed by atoms with Gasteiger partial charge in [-0.3, -0.25) is 0 Å². The van der Waals surface area contributed by atoms with Crippen molar-refractivity contribution >= 4 is 27.0 Å². The first-order valence-electron chi connectivity index (χ1n) is 7.35. The summed E-state index contributed by atoms with van der Waals surface area (Å²) in [5.41, 5.74) is 1.49. The van der Waals surface area contributed by atoms with Gasteiger partial charge >= 0.3 is 5.97 Å². The Morgan fingerprint density at radius 3 is 2.60 bits per heavy atom. The maximum absolute atomic E-state index is 12.4. The van der Waals surface area contributed by atoms with Crippen LogP contribution in [0.2, 0.25) is 0 Å². The topological polar surface area (TPSA) is 106 Å². The van der Waals surface area contributed by atoms with Gasteiger partial charge in [0.25, 0.3) is 0 Å². The third kappa shape index (κ3) is 3.98. The second-order valence-corrected chi connectivity index (χ2v) is 6.99. The molecule has 0 atom stereocenters. The molecule has 0 aliphatic carbocycles. The summed E-state index contributed by atoms with van der Waals surface area (Å²) in [6.07, 6.45) is 1.55. The van der Waals surface area contributed by atoms with E-state index >= 15 is 0 Å². The fourth-order valence-corrected chi connectivity index (χ4v) is 3.33. The average Bonchev–Trinajstić information content (AvgIpc) is 3.08. The van der Waals surface area contributed by atoms with Crippen LogP contribution in [0, 0.1) is 0 Å². The zero-order chi connectivity index (χ0) is 17.9. The molecular weight excluding hydrogens is 346 g/mol. The Kier molecular flexibility index (Phi) is 4.73. The van der Waals surface area contributed by atoms with Gasteiger partial charge in [0.05, 0.1) is 11.2 Å². The first kappa shape index (κ1) is 17.0. The molecule has 2 N–H and O–H groups in total. The molecule has 0 fully saturated rings. The molecule has 1 heterocycles. The first-order valence-corrected chi connectivity index (χ1v) is 8.83. The number of aliphatic carboxylic acids is 1. The van der Waals surface area contributed by atoms with Crippen molar-refractivity contribution in [3.8, 4) is 5.75 Å². The Morgan fingerprint density at radius 1 is 1.12 bits per heavy atom. The van der Waals surface area contributed by atoms with Crippen LogP contribution >= 0.6 is 0 Å². The number of carbonyl (C=O) groups is 1. The Labute approximate surface area is 143 Å². The van der Waals surface area contributed by atoms with E-state index in [9.17, 15) is 13.2 Å². The van der Waals surface area contributed by atoms with E-state index < -0.39 is 22.6 Å². The van der Waals surface area contributed by atoms with Crippen LogP contribution in [-0.2, 0) is 21.4 Å². The summed E-state index contributed by atoms with van der Waals surface area (Å²) in [6, 6.07) is 12.8. The molecule has 0 unspecified atom stereocenters. The van der Waals surface area contributed by atoms with Crippen molar-refractivity contribution in [3.63, 3.8) is 0 Å². The first-order chi connectivity index (χ1) is 12.0. The van der Waals surface area contributed by atoms with Crippen molar-refractivity contribution in [2.75, 3.05) is 6.61 Å². The second kappa shape index (κ2) is 6.96. The highest BCUT2D eigenvalue weighted by molar-refractivity contribution is 7.89. The molecule has 0 aliphatic heterocycles. The van der Waals surface area contributed by atoms with E-state index in [-0.39, 0.29) is 17.2 Å². The van der Waals surface area contributed by atoms with Gasteiger partial charge in [-0.05, 0) is 42.0 Å². The van der Waals surface area contributed by atoms with Gasteiger partial charge in [-0.1, -0.05) is 12.1 Å². The molecule has 1 aromatic heterocycles. The number of carboxylic acids is 1. The predicted molar refractivity (Wildman–Crippen MR) is 89.8 cm³/mol. The van der Waals surface area contributed by atoms with Crippen molar-refractivity contribution in [2.24, 2.45) is 0 Å². The number of furan rings is 1. The summed E-state index contributed by atoms with van der Waals surface area (Å²) >= 11 is 0. The van der Waals surface area contributed by atoms with E-state index in [1.165, 1.54) is 24.3 Å². The van der Waals surface area contributed by atoms with E-state index in [0.717, 1.165) is 10.9 Å². The Morgan fingerprint density at radius 2 is 1.88 bits per heavy atom. The van der Waals surface area contributed by atoms with Gasteiger partial charge in [-0.2, -0.15) is 0 Å².